The number of halogens is 2. The van der Waals surface area contributed by atoms with E-state index in [-0.39, 0.29) is 23.8 Å². The lowest BCUT2D eigenvalue weighted by molar-refractivity contribution is 0.170. The highest BCUT2D eigenvalue weighted by Crippen LogP contribution is 2.18. The van der Waals surface area contributed by atoms with Crippen molar-refractivity contribution in [3.8, 4) is 0 Å². The largest absolute Gasteiger partial charge is 0.334 e. The van der Waals surface area contributed by atoms with Gasteiger partial charge in [0.1, 0.15) is 9.84 Å². The summed E-state index contributed by atoms with van der Waals surface area (Å²) >= 11 is 0. The molecule has 0 spiro atoms. The van der Waals surface area contributed by atoms with E-state index in [1.165, 1.54) is 23.3 Å². The SMILES string of the molecule is CS(=O)(=O)C[C@@H]1CCCN(C(=O)NCc2cccc(F)c2F)C1. The summed E-state index contributed by atoms with van der Waals surface area (Å²) in [4.78, 5) is 13.7. The number of nitrogens with zero attached hydrogens (tertiary/aromatic N) is 1. The Morgan fingerprint density at radius 1 is 1.39 bits per heavy atom. The standard InChI is InChI=1S/C15H20F2N2O3S/c1-23(21,22)10-11-4-3-7-19(9-11)15(20)18-8-12-5-2-6-13(16)14(12)17/h2,5-6,11H,3-4,7-10H2,1H3,(H,18,20)/t11-/m1/s1. The molecule has 5 nitrogen and oxygen atoms in total. The molecule has 1 N–H and O–H groups in total. The fourth-order valence-electron chi connectivity index (χ4n) is 2.78. The van der Waals surface area contributed by atoms with Crippen LogP contribution < -0.4 is 5.32 Å². The number of rotatable bonds is 4. The van der Waals surface area contributed by atoms with Gasteiger partial charge < -0.3 is 10.2 Å². The monoisotopic (exact) mass is 346 g/mol. The number of sulfone groups is 1. The minimum Gasteiger partial charge on any atom is -0.334 e. The molecule has 0 unspecified atom stereocenters. The first-order valence-electron chi connectivity index (χ1n) is 7.39. The number of benzene rings is 1. The van der Waals surface area contributed by atoms with E-state index < -0.39 is 27.5 Å². The number of nitrogens with one attached hydrogen (secondary N) is 1. The molecule has 23 heavy (non-hydrogen) atoms. The van der Waals surface area contributed by atoms with Crippen LogP contribution in [0.2, 0.25) is 0 Å². The van der Waals surface area contributed by atoms with Crippen LogP contribution >= 0.6 is 0 Å². The van der Waals surface area contributed by atoms with Crippen molar-refractivity contribution in [3.63, 3.8) is 0 Å². The molecule has 0 saturated carbocycles. The predicted octanol–water partition coefficient (Wildman–Crippen LogP) is 1.93. The van der Waals surface area contributed by atoms with E-state index in [1.54, 1.807) is 0 Å². The third kappa shape index (κ3) is 5.16. The van der Waals surface area contributed by atoms with Crippen molar-refractivity contribution in [2.75, 3.05) is 25.1 Å². The van der Waals surface area contributed by atoms with Gasteiger partial charge in [0.15, 0.2) is 11.6 Å². The second-order valence-corrected chi connectivity index (χ2v) is 8.10. The number of carbonyl (C=O) groups is 1. The van der Waals surface area contributed by atoms with Crippen LogP contribution in [0, 0.1) is 17.6 Å². The third-order valence-corrected chi connectivity index (χ3v) is 4.88. The van der Waals surface area contributed by atoms with Crippen molar-refractivity contribution in [2.45, 2.75) is 19.4 Å². The maximum absolute atomic E-state index is 13.5. The van der Waals surface area contributed by atoms with Gasteiger partial charge in [-0.05, 0) is 24.8 Å². The minimum absolute atomic E-state index is 0.0509. The second-order valence-electron chi connectivity index (χ2n) is 5.92. The maximum Gasteiger partial charge on any atom is 0.317 e. The summed E-state index contributed by atoms with van der Waals surface area (Å²) < 4.78 is 49.4. The van der Waals surface area contributed by atoms with Gasteiger partial charge in [0, 0.05) is 31.5 Å². The van der Waals surface area contributed by atoms with Crippen LogP contribution in [0.3, 0.4) is 0 Å². The van der Waals surface area contributed by atoms with Crippen molar-refractivity contribution < 1.29 is 22.0 Å². The van der Waals surface area contributed by atoms with Gasteiger partial charge in [0.2, 0.25) is 0 Å². The lowest BCUT2D eigenvalue weighted by Gasteiger charge is -2.32. The van der Waals surface area contributed by atoms with Gasteiger partial charge in [0.25, 0.3) is 0 Å². The Hall–Kier alpha value is -1.70. The molecule has 8 heteroatoms. The van der Waals surface area contributed by atoms with E-state index in [0.717, 1.165) is 18.9 Å². The summed E-state index contributed by atoms with van der Waals surface area (Å²) in [7, 11) is -3.09. The molecule has 1 heterocycles. The van der Waals surface area contributed by atoms with E-state index >= 15 is 0 Å². The highest BCUT2D eigenvalue weighted by Gasteiger charge is 2.26. The average Bonchev–Trinajstić information content (AvgIpc) is 2.47. The first-order chi connectivity index (χ1) is 10.8. The van der Waals surface area contributed by atoms with Crippen LogP contribution in [0.15, 0.2) is 18.2 Å². The molecule has 2 amide bonds. The Bertz CT molecular complexity index is 679. The van der Waals surface area contributed by atoms with Crippen LogP contribution in [0.1, 0.15) is 18.4 Å². The highest BCUT2D eigenvalue weighted by atomic mass is 32.2. The molecule has 1 aliphatic rings. The topological polar surface area (TPSA) is 66.5 Å². The molecule has 0 radical (unpaired) electrons. The smallest absolute Gasteiger partial charge is 0.317 e. The molecule has 0 aliphatic carbocycles. The fraction of sp³-hybridized carbons (Fsp3) is 0.533. The summed E-state index contributed by atoms with van der Waals surface area (Å²) in [5.74, 6) is -1.96. The Morgan fingerprint density at radius 3 is 2.83 bits per heavy atom. The van der Waals surface area contributed by atoms with Gasteiger partial charge >= 0.3 is 6.03 Å². The fourth-order valence-corrected chi connectivity index (χ4v) is 3.91. The molecule has 1 aromatic carbocycles. The first-order valence-corrected chi connectivity index (χ1v) is 9.45. The van der Waals surface area contributed by atoms with E-state index in [9.17, 15) is 22.0 Å². The van der Waals surface area contributed by atoms with Gasteiger partial charge in [-0.1, -0.05) is 12.1 Å². The summed E-state index contributed by atoms with van der Waals surface area (Å²) in [5, 5.41) is 2.55. The Morgan fingerprint density at radius 2 is 2.13 bits per heavy atom. The zero-order chi connectivity index (χ0) is 17.0. The normalized spacial score (nSPS) is 18.7. The number of likely N-dealkylation sites (tertiary alicyclic amines) is 1. The molecular weight excluding hydrogens is 326 g/mol. The van der Waals surface area contributed by atoms with Crippen molar-refractivity contribution in [1.29, 1.82) is 0 Å². The second kappa shape index (κ2) is 7.25. The van der Waals surface area contributed by atoms with Crippen molar-refractivity contribution >= 4 is 15.9 Å². The van der Waals surface area contributed by atoms with Gasteiger partial charge in [-0.3, -0.25) is 0 Å². The summed E-state index contributed by atoms with van der Waals surface area (Å²) in [6, 6.07) is 3.40. The zero-order valence-electron chi connectivity index (χ0n) is 12.9. The molecule has 0 bridgehead atoms. The molecule has 2 rings (SSSR count). The lowest BCUT2D eigenvalue weighted by atomic mass is 10.0. The summed E-state index contributed by atoms with van der Waals surface area (Å²) in [6.45, 7) is 0.762. The Labute approximate surface area is 134 Å². The lowest BCUT2D eigenvalue weighted by Crippen LogP contribution is -2.46. The summed E-state index contributed by atoms with van der Waals surface area (Å²) in [6.07, 6.45) is 2.66. The Kier molecular flexibility index (Phi) is 5.56. The van der Waals surface area contributed by atoms with Crippen LogP contribution in [0.4, 0.5) is 13.6 Å². The van der Waals surface area contributed by atoms with Crippen LogP contribution in [0.25, 0.3) is 0 Å². The zero-order valence-corrected chi connectivity index (χ0v) is 13.7. The number of hydrogen-bond acceptors (Lipinski definition) is 3. The number of hydrogen-bond donors (Lipinski definition) is 1. The quantitative estimate of drug-likeness (QED) is 0.906. The molecule has 1 aliphatic heterocycles. The van der Waals surface area contributed by atoms with Crippen LogP contribution in [0.5, 0.6) is 0 Å². The van der Waals surface area contributed by atoms with Gasteiger partial charge in [-0.15, -0.1) is 0 Å². The van der Waals surface area contributed by atoms with Gasteiger partial charge in [-0.25, -0.2) is 22.0 Å². The first kappa shape index (κ1) is 17.7. The molecule has 128 valence electrons. The van der Waals surface area contributed by atoms with Gasteiger partial charge in [-0.2, -0.15) is 0 Å². The summed E-state index contributed by atoms with van der Waals surface area (Å²) in [5.41, 5.74) is 0.0723. The molecular formula is C15H20F2N2O3S. The number of amides is 2. The highest BCUT2D eigenvalue weighted by molar-refractivity contribution is 7.90. The van der Waals surface area contributed by atoms with E-state index in [1.807, 2.05) is 0 Å². The third-order valence-electron chi connectivity index (χ3n) is 3.81. The minimum atomic E-state index is -3.09. The molecule has 1 atom stereocenters. The number of carbonyl (C=O) groups excluding carboxylic acids is 1. The van der Waals surface area contributed by atoms with Crippen LogP contribution in [-0.2, 0) is 16.4 Å². The molecule has 1 aromatic rings. The van der Waals surface area contributed by atoms with E-state index in [2.05, 4.69) is 5.32 Å². The number of piperidine rings is 1. The molecule has 0 aromatic heterocycles. The van der Waals surface area contributed by atoms with E-state index in [4.69, 9.17) is 0 Å². The van der Waals surface area contributed by atoms with Crippen molar-refractivity contribution in [2.24, 2.45) is 5.92 Å². The average molecular weight is 346 g/mol. The maximum atomic E-state index is 13.5. The predicted molar refractivity (Wildman–Crippen MR) is 82.6 cm³/mol. The van der Waals surface area contributed by atoms with Crippen molar-refractivity contribution in [3.05, 3.63) is 35.4 Å². The van der Waals surface area contributed by atoms with Crippen LogP contribution in [-0.4, -0.2) is 44.4 Å². The van der Waals surface area contributed by atoms with Gasteiger partial charge in [0.05, 0.1) is 5.75 Å². The van der Waals surface area contributed by atoms with E-state index in [0.29, 0.717) is 13.1 Å². The van der Waals surface area contributed by atoms with Crippen molar-refractivity contribution in [1.82, 2.24) is 10.2 Å². The molecule has 1 fully saturated rings. The number of urea groups is 1. The Balaban J connectivity index is 1.91. The molecule has 1 saturated heterocycles.